The standard InChI is InChI=1S/C22H25F3N2O/c1-26-9-2-10-27(12-11-26)15-17-3-6-19(7-4-17)21-8-5-18(16-28)13-20(21)14-22(23,24)25/h3-8,13,16H,2,9-12,14-15H2,1H3. The second-order valence-electron chi connectivity index (χ2n) is 7.46. The van der Waals surface area contributed by atoms with E-state index >= 15 is 0 Å². The van der Waals surface area contributed by atoms with Gasteiger partial charge >= 0.3 is 6.18 Å². The van der Waals surface area contributed by atoms with Crippen molar-refractivity contribution in [3.8, 4) is 11.1 Å². The lowest BCUT2D eigenvalue weighted by molar-refractivity contribution is -0.127. The Labute approximate surface area is 163 Å². The minimum Gasteiger partial charge on any atom is -0.305 e. The Morgan fingerprint density at radius 1 is 1.00 bits per heavy atom. The molecule has 0 saturated carbocycles. The molecular weight excluding hydrogens is 365 g/mol. The lowest BCUT2D eigenvalue weighted by Crippen LogP contribution is -2.28. The van der Waals surface area contributed by atoms with E-state index in [2.05, 4.69) is 16.8 Å². The molecule has 0 N–H and O–H groups in total. The number of benzene rings is 2. The van der Waals surface area contributed by atoms with Crippen molar-refractivity contribution >= 4 is 6.29 Å². The predicted octanol–water partition coefficient (Wildman–Crippen LogP) is 4.41. The first-order valence-corrected chi connectivity index (χ1v) is 9.49. The van der Waals surface area contributed by atoms with Crippen molar-refractivity contribution in [3.63, 3.8) is 0 Å². The van der Waals surface area contributed by atoms with E-state index in [1.165, 1.54) is 6.07 Å². The highest BCUT2D eigenvalue weighted by Gasteiger charge is 2.29. The molecule has 1 fully saturated rings. The number of carbonyl (C=O) groups is 1. The SMILES string of the molecule is CN1CCCN(Cc2ccc(-c3ccc(C=O)cc3CC(F)(F)F)cc2)CC1. The van der Waals surface area contributed by atoms with Gasteiger partial charge < -0.3 is 4.90 Å². The highest BCUT2D eigenvalue weighted by molar-refractivity contribution is 5.78. The van der Waals surface area contributed by atoms with E-state index < -0.39 is 12.6 Å². The second kappa shape index (κ2) is 8.88. The van der Waals surface area contributed by atoms with Gasteiger partial charge in [-0.05, 0) is 54.9 Å². The molecule has 2 aromatic carbocycles. The van der Waals surface area contributed by atoms with Crippen LogP contribution in [0.3, 0.4) is 0 Å². The van der Waals surface area contributed by atoms with Crippen LogP contribution >= 0.6 is 0 Å². The third kappa shape index (κ3) is 5.66. The van der Waals surface area contributed by atoms with Gasteiger partial charge in [0.2, 0.25) is 0 Å². The van der Waals surface area contributed by atoms with Gasteiger partial charge in [-0.15, -0.1) is 0 Å². The Kier molecular flexibility index (Phi) is 6.52. The van der Waals surface area contributed by atoms with E-state index in [0.717, 1.165) is 50.3 Å². The van der Waals surface area contributed by atoms with Crippen molar-refractivity contribution in [3.05, 3.63) is 59.2 Å². The van der Waals surface area contributed by atoms with E-state index in [9.17, 15) is 18.0 Å². The van der Waals surface area contributed by atoms with Gasteiger partial charge in [0.05, 0.1) is 6.42 Å². The third-order valence-electron chi connectivity index (χ3n) is 5.14. The quantitative estimate of drug-likeness (QED) is 0.707. The van der Waals surface area contributed by atoms with Gasteiger partial charge in [0, 0.05) is 25.2 Å². The molecule has 1 aliphatic rings. The number of halogens is 3. The summed E-state index contributed by atoms with van der Waals surface area (Å²) < 4.78 is 38.9. The third-order valence-corrected chi connectivity index (χ3v) is 5.14. The fourth-order valence-corrected chi connectivity index (χ4v) is 3.64. The molecule has 1 aliphatic heterocycles. The van der Waals surface area contributed by atoms with Gasteiger partial charge in [0.1, 0.15) is 6.29 Å². The van der Waals surface area contributed by atoms with Crippen molar-refractivity contribution in [1.82, 2.24) is 9.80 Å². The molecule has 3 nitrogen and oxygen atoms in total. The van der Waals surface area contributed by atoms with E-state index in [-0.39, 0.29) is 11.1 Å². The molecule has 2 aromatic rings. The first-order chi connectivity index (χ1) is 13.3. The van der Waals surface area contributed by atoms with E-state index in [1.807, 2.05) is 24.3 Å². The highest BCUT2D eigenvalue weighted by atomic mass is 19.4. The summed E-state index contributed by atoms with van der Waals surface area (Å²) in [5.74, 6) is 0. The van der Waals surface area contributed by atoms with Crippen LogP contribution in [0.1, 0.15) is 27.9 Å². The minimum atomic E-state index is -4.32. The predicted molar refractivity (Wildman–Crippen MR) is 104 cm³/mol. The molecule has 6 heteroatoms. The average molecular weight is 390 g/mol. The smallest absolute Gasteiger partial charge is 0.305 e. The van der Waals surface area contributed by atoms with Crippen molar-refractivity contribution in [1.29, 1.82) is 0 Å². The molecule has 3 rings (SSSR count). The summed E-state index contributed by atoms with van der Waals surface area (Å²) in [6, 6.07) is 12.2. The van der Waals surface area contributed by atoms with Crippen LogP contribution in [-0.2, 0) is 13.0 Å². The molecule has 0 aliphatic carbocycles. The molecule has 28 heavy (non-hydrogen) atoms. The van der Waals surface area contributed by atoms with Crippen molar-refractivity contribution < 1.29 is 18.0 Å². The lowest BCUT2D eigenvalue weighted by Gasteiger charge is -2.20. The summed E-state index contributed by atoms with van der Waals surface area (Å²) in [6.07, 6.45) is -3.66. The van der Waals surface area contributed by atoms with Gasteiger partial charge in [0.25, 0.3) is 0 Å². The monoisotopic (exact) mass is 390 g/mol. The summed E-state index contributed by atoms with van der Waals surface area (Å²) in [6.45, 7) is 5.06. The van der Waals surface area contributed by atoms with Gasteiger partial charge in [0.15, 0.2) is 0 Å². The van der Waals surface area contributed by atoms with Crippen LogP contribution < -0.4 is 0 Å². The Bertz CT molecular complexity index is 802. The van der Waals surface area contributed by atoms with Crippen LogP contribution in [0.2, 0.25) is 0 Å². The molecule has 0 aromatic heterocycles. The van der Waals surface area contributed by atoms with Crippen LogP contribution in [0.15, 0.2) is 42.5 Å². The number of likely N-dealkylation sites (N-methyl/N-ethyl adjacent to an activating group) is 1. The molecule has 0 amide bonds. The molecular formula is C22H25F3N2O. The van der Waals surface area contributed by atoms with Gasteiger partial charge in [-0.3, -0.25) is 9.69 Å². The Morgan fingerprint density at radius 2 is 1.75 bits per heavy atom. The Morgan fingerprint density at radius 3 is 2.43 bits per heavy atom. The first kappa shape index (κ1) is 20.6. The van der Waals surface area contributed by atoms with E-state index in [0.29, 0.717) is 11.8 Å². The topological polar surface area (TPSA) is 23.6 Å². The van der Waals surface area contributed by atoms with Crippen molar-refractivity contribution in [2.75, 3.05) is 33.2 Å². The number of nitrogens with zero attached hydrogens (tertiary/aromatic N) is 2. The van der Waals surface area contributed by atoms with Crippen LogP contribution in [0.5, 0.6) is 0 Å². The second-order valence-corrected chi connectivity index (χ2v) is 7.46. The fraction of sp³-hybridized carbons (Fsp3) is 0.409. The summed E-state index contributed by atoms with van der Waals surface area (Å²) in [4.78, 5) is 15.7. The molecule has 150 valence electrons. The van der Waals surface area contributed by atoms with Crippen LogP contribution in [0.4, 0.5) is 13.2 Å². The van der Waals surface area contributed by atoms with Crippen LogP contribution in [0.25, 0.3) is 11.1 Å². The number of carbonyl (C=O) groups excluding carboxylic acids is 1. The fourth-order valence-electron chi connectivity index (χ4n) is 3.64. The zero-order chi connectivity index (χ0) is 20.1. The van der Waals surface area contributed by atoms with Crippen LogP contribution in [0, 0.1) is 0 Å². The zero-order valence-electron chi connectivity index (χ0n) is 16.0. The number of rotatable bonds is 5. The number of alkyl halides is 3. The molecule has 0 radical (unpaired) electrons. The summed E-state index contributed by atoms with van der Waals surface area (Å²) >= 11 is 0. The molecule has 0 unspecified atom stereocenters. The van der Waals surface area contributed by atoms with Crippen molar-refractivity contribution in [2.24, 2.45) is 0 Å². The summed E-state index contributed by atoms with van der Waals surface area (Å²) in [5.41, 5.74) is 2.78. The number of hydrogen-bond donors (Lipinski definition) is 0. The van der Waals surface area contributed by atoms with E-state index in [1.54, 1.807) is 12.1 Å². The highest BCUT2D eigenvalue weighted by Crippen LogP contribution is 2.30. The molecule has 0 bridgehead atoms. The zero-order valence-corrected chi connectivity index (χ0v) is 16.0. The largest absolute Gasteiger partial charge is 0.393 e. The normalized spacial score (nSPS) is 16.7. The Balaban J connectivity index is 1.78. The minimum absolute atomic E-state index is 0.125. The summed E-state index contributed by atoms with van der Waals surface area (Å²) in [5, 5.41) is 0. The summed E-state index contributed by atoms with van der Waals surface area (Å²) in [7, 11) is 2.13. The molecule has 1 heterocycles. The van der Waals surface area contributed by atoms with E-state index in [4.69, 9.17) is 0 Å². The number of aldehydes is 1. The average Bonchev–Trinajstić information content (AvgIpc) is 2.85. The molecule has 0 spiro atoms. The molecule has 0 atom stereocenters. The van der Waals surface area contributed by atoms with Crippen LogP contribution in [-0.4, -0.2) is 55.5 Å². The first-order valence-electron chi connectivity index (χ1n) is 9.49. The maximum absolute atomic E-state index is 13.0. The lowest BCUT2D eigenvalue weighted by atomic mass is 9.95. The Hall–Kier alpha value is -2.18. The van der Waals surface area contributed by atoms with Gasteiger partial charge in [-0.1, -0.05) is 36.4 Å². The van der Waals surface area contributed by atoms with Gasteiger partial charge in [-0.25, -0.2) is 0 Å². The number of hydrogen-bond acceptors (Lipinski definition) is 3. The maximum Gasteiger partial charge on any atom is 0.393 e. The van der Waals surface area contributed by atoms with Crippen molar-refractivity contribution in [2.45, 2.75) is 25.6 Å². The maximum atomic E-state index is 13.0. The van der Waals surface area contributed by atoms with Gasteiger partial charge in [-0.2, -0.15) is 13.2 Å². The molecule has 1 saturated heterocycles.